The van der Waals surface area contributed by atoms with Gasteiger partial charge in [0.15, 0.2) is 0 Å². The van der Waals surface area contributed by atoms with Gasteiger partial charge in [-0.05, 0) is 54.6 Å². The molecule has 1 heterocycles. The molecule has 124 valence electrons. The summed E-state index contributed by atoms with van der Waals surface area (Å²) >= 11 is 12.6. The van der Waals surface area contributed by atoms with Crippen LogP contribution in [0.3, 0.4) is 0 Å². The summed E-state index contributed by atoms with van der Waals surface area (Å²) in [7, 11) is 0. The summed E-state index contributed by atoms with van der Waals surface area (Å²) in [5.74, 6) is 0.193. The van der Waals surface area contributed by atoms with Crippen LogP contribution in [0.1, 0.15) is 18.4 Å². The van der Waals surface area contributed by atoms with Crippen LogP contribution in [0.5, 0.6) is 5.75 Å². The molecule has 4 nitrogen and oxygen atoms in total. The summed E-state index contributed by atoms with van der Waals surface area (Å²) in [6, 6.07) is 7.99. The Bertz CT molecular complexity index is 801. The Kier molecular flexibility index (Phi) is 5.14. The van der Waals surface area contributed by atoms with Gasteiger partial charge in [0.05, 0.1) is 16.6 Å². The van der Waals surface area contributed by atoms with E-state index in [2.05, 4.69) is 10.0 Å². The Morgan fingerprint density at radius 2 is 2.04 bits per heavy atom. The molecule has 0 fully saturated rings. The predicted molar refractivity (Wildman–Crippen MR) is 93.2 cm³/mol. The molecule has 1 aliphatic rings. The first-order chi connectivity index (χ1) is 11.6. The van der Waals surface area contributed by atoms with Gasteiger partial charge in [-0.3, -0.25) is 0 Å². The second kappa shape index (κ2) is 7.31. The number of nitrogens with zero attached hydrogens (tertiary/aromatic N) is 3. The van der Waals surface area contributed by atoms with Crippen LogP contribution in [0.15, 0.2) is 35.4 Å². The van der Waals surface area contributed by atoms with E-state index in [9.17, 15) is 4.39 Å². The summed E-state index contributed by atoms with van der Waals surface area (Å²) in [5.41, 5.74) is 10.4. The number of benzene rings is 2. The lowest BCUT2D eigenvalue weighted by atomic mass is 9.98. The second-order valence-electron chi connectivity index (χ2n) is 5.58. The lowest BCUT2D eigenvalue weighted by molar-refractivity contribution is 0.204. The van der Waals surface area contributed by atoms with Crippen molar-refractivity contribution in [3.8, 4) is 16.9 Å². The molecule has 0 saturated carbocycles. The van der Waals surface area contributed by atoms with Crippen LogP contribution < -0.4 is 4.74 Å². The van der Waals surface area contributed by atoms with E-state index in [1.807, 2.05) is 0 Å². The molecule has 2 aromatic carbocycles. The highest BCUT2D eigenvalue weighted by atomic mass is 35.5. The smallest absolute Gasteiger partial charge is 0.131 e. The highest BCUT2D eigenvalue weighted by Crippen LogP contribution is 2.43. The zero-order valence-electron chi connectivity index (χ0n) is 12.7. The van der Waals surface area contributed by atoms with Gasteiger partial charge >= 0.3 is 0 Å². The van der Waals surface area contributed by atoms with Gasteiger partial charge in [0.25, 0.3) is 0 Å². The van der Waals surface area contributed by atoms with E-state index < -0.39 is 0 Å². The van der Waals surface area contributed by atoms with Crippen molar-refractivity contribution in [1.29, 1.82) is 0 Å². The van der Waals surface area contributed by atoms with E-state index in [1.165, 1.54) is 12.1 Å². The van der Waals surface area contributed by atoms with Crippen LogP contribution in [0.4, 0.5) is 4.39 Å². The molecule has 0 bridgehead atoms. The molecule has 24 heavy (non-hydrogen) atoms. The maximum Gasteiger partial charge on any atom is 0.131 e. The standard InChI is InChI=1S/C17H14Cl2FN3O/c18-14-5-2-6-15(19)16(14)13-8-11(20)7-10-3-1-4-12(9-22-23-21)24-17(10)13/h2,5-8,12H,1,3-4,9H2/t12-/m1/s1. The van der Waals surface area contributed by atoms with Crippen molar-refractivity contribution >= 4 is 23.2 Å². The minimum absolute atomic E-state index is 0.225. The molecular weight excluding hydrogens is 352 g/mol. The summed E-state index contributed by atoms with van der Waals surface area (Å²) in [6.45, 7) is 0.225. The SMILES string of the molecule is [N-]=[N+]=NC[C@H]1CCCc2cc(F)cc(-c3c(Cl)cccc3Cl)c2O1. The van der Waals surface area contributed by atoms with Crippen LogP contribution in [0.25, 0.3) is 21.6 Å². The molecule has 0 N–H and O–H groups in total. The van der Waals surface area contributed by atoms with Gasteiger partial charge in [0.1, 0.15) is 17.7 Å². The van der Waals surface area contributed by atoms with E-state index in [0.717, 1.165) is 18.4 Å². The Hall–Kier alpha value is -1.94. The van der Waals surface area contributed by atoms with Crippen molar-refractivity contribution in [2.24, 2.45) is 5.11 Å². The quantitative estimate of drug-likeness (QED) is 0.363. The van der Waals surface area contributed by atoms with Gasteiger partial charge in [-0.15, -0.1) is 0 Å². The van der Waals surface area contributed by atoms with Crippen LogP contribution in [0, 0.1) is 5.82 Å². The molecule has 0 amide bonds. The number of halogens is 3. The first-order valence-electron chi connectivity index (χ1n) is 7.54. The van der Waals surface area contributed by atoms with Crippen molar-refractivity contribution in [3.63, 3.8) is 0 Å². The van der Waals surface area contributed by atoms with Gasteiger partial charge < -0.3 is 4.74 Å². The maximum absolute atomic E-state index is 14.1. The molecule has 1 aliphatic heterocycles. The van der Waals surface area contributed by atoms with E-state index >= 15 is 0 Å². The number of hydrogen-bond acceptors (Lipinski definition) is 2. The molecule has 0 aromatic heterocycles. The lowest BCUT2D eigenvalue weighted by Crippen LogP contribution is -2.19. The van der Waals surface area contributed by atoms with Crippen LogP contribution in [-0.4, -0.2) is 12.6 Å². The van der Waals surface area contributed by atoms with E-state index in [-0.39, 0.29) is 18.5 Å². The molecule has 2 aromatic rings. The van der Waals surface area contributed by atoms with E-state index in [1.54, 1.807) is 18.2 Å². The van der Waals surface area contributed by atoms with Crippen LogP contribution in [-0.2, 0) is 6.42 Å². The number of rotatable bonds is 3. The molecule has 0 radical (unpaired) electrons. The number of aryl methyl sites for hydroxylation is 1. The Morgan fingerprint density at radius 1 is 1.29 bits per heavy atom. The highest BCUT2D eigenvalue weighted by Gasteiger charge is 2.24. The predicted octanol–water partition coefficient (Wildman–Crippen LogP) is 6.19. The molecule has 3 rings (SSSR count). The van der Waals surface area contributed by atoms with Crippen LogP contribution >= 0.6 is 23.2 Å². The van der Waals surface area contributed by atoms with Crippen LogP contribution in [0.2, 0.25) is 10.0 Å². The monoisotopic (exact) mass is 365 g/mol. The lowest BCUT2D eigenvalue weighted by Gasteiger charge is -2.20. The second-order valence-corrected chi connectivity index (χ2v) is 6.40. The molecular formula is C17H14Cl2FN3O. The van der Waals surface area contributed by atoms with Crippen molar-refractivity contribution < 1.29 is 9.13 Å². The third-order valence-electron chi connectivity index (χ3n) is 3.97. The minimum Gasteiger partial charge on any atom is -0.489 e. The molecule has 0 spiro atoms. The number of ether oxygens (including phenoxy) is 1. The Labute approximate surface area is 148 Å². The van der Waals surface area contributed by atoms with E-state index in [4.69, 9.17) is 33.5 Å². The van der Waals surface area contributed by atoms with Gasteiger partial charge in [-0.25, -0.2) is 4.39 Å². The van der Waals surface area contributed by atoms with Gasteiger partial charge in [-0.1, -0.05) is 34.4 Å². The summed E-state index contributed by atoms with van der Waals surface area (Å²) < 4.78 is 20.2. The fourth-order valence-electron chi connectivity index (χ4n) is 2.92. The molecule has 0 aliphatic carbocycles. The van der Waals surface area contributed by atoms with Crippen molar-refractivity contribution in [1.82, 2.24) is 0 Å². The first kappa shape index (κ1) is 16.9. The molecule has 1 atom stereocenters. The van der Waals surface area contributed by atoms with Gasteiger partial charge in [0.2, 0.25) is 0 Å². The molecule has 7 heteroatoms. The minimum atomic E-state index is -0.364. The summed E-state index contributed by atoms with van der Waals surface area (Å²) in [4.78, 5) is 2.78. The number of hydrogen-bond donors (Lipinski definition) is 0. The summed E-state index contributed by atoms with van der Waals surface area (Å²) in [5, 5.41) is 4.45. The normalized spacial score (nSPS) is 16.5. The Morgan fingerprint density at radius 3 is 2.75 bits per heavy atom. The van der Waals surface area contributed by atoms with Crippen molar-refractivity contribution in [2.45, 2.75) is 25.4 Å². The topological polar surface area (TPSA) is 58.0 Å². The third-order valence-corrected chi connectivity index (χ3v) is 4.60. The van der Waals surface area contributed by atoms with Crippen molar-refractivity contribution in [2.75, 3.05) is 6.54 Å². The average Bonchev–Trinajstić information content (AvgIpc) is 2.74. The zero-order valence-corrected chi connectivity index (χ0v) is 14.2. The maximum atomic E-state index is 14.1. The molecule has 0 saturated heterocycles. The first-order valence-corrected chi connectivity index (χ1v) is 8.30. The van der Waals surface area contributed by atoms with Crippen molar-refractivity contribution in [3.05, 3.63) is 62.2 Å². The number of azide groups is 1. The fraction of sp³-hybridized carbons (Fsp3) is 0.294. The van der Waals surface area contributed by atoms with Gasteiger partial charge in [-0.2, -0.15) is 0 Å². The van der Waals surface area contributed by atoms with E-state index in [0.29, 0.717) is 33.3 Å². The average molecular weight is 366 g/mol. The largest absolute Gasteiger partial charge is 0.489 e. The zero-order chi connectivity index (χ0) is 17.1. The molecule has 0 unspecified atom stereocenters. The Balaban J connectivity index is 2.14. The third kappa shape index (κ3) is 3.44. The fourth-order valence-corrected chi connectivity index (χ4v) is 3.52. The van der Waals surface area contributed by atoms with Gasteiger partial charge in [0, 0.05) is 16.0 Å². The highest BCUT2D eigenvalue weighted by molar-refractivity contribution is 6.39. The summed E-state index contributed by atoms with van der Waals surface area (Å²) in [6.07, 6.45) is 1.96. The number of fused-ring (bicyclic) bond motifs is 1.